The van der Waals surface area contributed by atoms with Gasteiger partial charge in [-0.25, -0.2) is 4.79 Å². The number of aromatic carboxylic acids is 1. The highest BCUT2D eigenvalue weighted by Gasteiger charge is 2.53. The van der Waals surface area contributed by atoms with Crippen molar-refractivity contribution in [2.24, 2.45) is 0 Å². The zero-order valence-electron chi connectivity index (χ0n) is 15.2. The highest BCUT2D eigenvalue weighted by atomic mass is 16.5. The van der Waals surface area contributed by atoms with E-state index >= 15 is 0 Å². The maximum Gasteiger partial charge on any atom is 0.337 e. The summed E-state index contributed by atoms with van der Waals surface area (Å²) in [6.07, 6.45) is 3.43. The molecule has 2 aliphatic rings. The first-order valence-corrected chi connectivity index (χ1v) is 8.66. The molecule has 2 fully saturated rings. The van der Waals surface area contributed by atoms with Crippen LogP contribution in [-0.2, 0) is 9.47 Å². The molecule has 0 spiro atoms. The van der Waals surface area contributed by atoms with Crippen LogP contribution in [0, 0.1) is 13.8 Å². The Morgan fingerprint density at radius 1 is 1.28 bits per heavy atom. The Bertz CT molecular complexity index is 698. The van der Waals surface area contributed by atoms with E-state index < -0.39 is 5.97 Å². The minimum absolute atomic E-state index is 0.0556. The number of aryl methyl sites for hydroxylation is 1. The zero-order valence-corrected chi connectivity index (χ0v) is 15.2. The van der Waals surface area contributed by atoms with Gasteiger partial charge in [0, 0.05) is 26.5 Å². The standard InChI is InChI=1S/C18H26N2O5/c1-10-14(17(22)23)11(2)19-15(10)16(21)20-8-7-18(25-4)6-5-12(24-3)9-13(18)20/h12-13,19H,5-9H2,1-4H3,(H,22,23)/t12-,13-,18+/m1/s1. The van der Waals surface area contributed by atoms with Crippen LogP contribution < -0.4 is 0 Å². The molecule has 1 saturated carbocycles. The average molecular weight is 350 g/mol. The molecule has 2 heterocycles. The normalized spacial score (nSPS) is 28.9. The molecule has 1 aliphatic carbocycles. The molecular formula is C18H26N2O5. The van der Waals surface area contributed by atoms with E-state index in [9.17, 15) is 14.7 Å². The molecule has 0 radical (unpaired) electrons. The predicted molar refractivity (Wildman–Crippen MR) is 91.1 cm³/mol. The lowest BCUT2D eigenvalue weighted by Gasteiger charge is -2.43. The van der Waals surface area contributed by atoms with Gasteiger partial charge in [-0.3, -0.25) is 4.79 Å². The maximum absolute atomic E-state index is 13.2. The first kappa shape index (κ1) is 17.9. The number of carbonyl (C=O) groups excluding carboxylic acids is 1. The minimum atomic E-state index is -1.02. The largest absolute Gasteiger partial charge is 0.478 e. The van der Waals surface area contributed by atoms with E-state index in [4.69, 9.17) is 9.47 Å². The summed E-state index contributed by atoms with van der Waals surface area (Å²) in [6.45, 7) is 3.96. The van der Waals surface area contributed by atoms with Crippen LogP contribution in [0.2, 0.25) is 0 Å². The molecule has 1 amide bonds. The van der Waals surface area contributed by atoms with Gasteiger partial charge < -0.3 is 24.5 Å². The maximum atomic E-state index is 13.2. The van der Waals surface area contributed by atoms with Gasteiger partial charge in [-0.1, -0.05) is 0 Å². The highest BCUT2D eigenvalue weighted by Crippen LogP contribution is 2.43. The number of H-pyrrole nitrogens is 1. The van der Waals surface area contributed by atoms with Gasteiger partial charge in [-0.2, -0.15) is 0 Å². The number of ether oxygens (including phenoxy) is 2. The number of aromatic amines is 1. The fourth-order valence-electron chi connectivity index (χ4n) is 4.55. The van der Waals surface area contributed by atoms with Crippen molar-refractivity contribution in [2.45, 2.75) is 57.3 Å². The van der Waals surface area contributed by atoms with E-state index in [0.29, 0.717) is 23.5 Å². The van der Waals surface area contributed by atoms with Gasteiger partial charge in [0.15, 0.2) is 0 Å². The smallest absolute Gasteiger partial charge is 0.337 e. The van der Waals surface area contributed by atoms with Crippen LogP contribution in [0.5, 0.6) is 0 Å². The van der Waals surface area contributed by atoms with Gasteiger partial charge in [0.05, 0.1) is 23.3 Å². The number of nitrogens with one attached hydrogen (secondary N) is 1. The molecule has 1 aromatic heterocycles. The molecule has 0 bridgehead atoms. The second-order valence-corrected chi connectivity index (χ2v) is 7.10. The first-order valence-electron chi connectivity index (χ1n) is 8.66. The van der Waals surface area contributed by atoms with Crippen molar-refractivity contribution in [3.63, 3.8) is 0 Å². The molecular weight excluding hydrogens is 324 g/mol. The SMILES string of the molecule is CO[C@@H]1CC[C@]2(OC)CCN(C(=O)c3[nH]c(C)c(C(=O)O)c3C)[C@@H]2C1. The van der Waals surface area contributed by atoms with Crippen LogP contribution in [-0.4, -0.2) is 65.4 Å². The van der Waals surface area contributed by atoms with Gasteiger partial charge in [0.25, 0.3) is 5.91 Å². The lowest BCUT2D eigenvalue weighted by molar-refractivity contribution is -0.0894. The lowest BCUT2D eigenvalue weighted by atomic mass is 9.79. The second kappa shape index (κ2) is 6.46. The number of aromatic nitrogens is 1. The fourth-order valence-corrected chi connectivity index (χ4v) is 4.55. The third-order valence-corrected chi connectivity index (χ3v) is 6.00. The molecule has 0 aromatic carbocycles. The average Bonchev–Trinajstić information content (AvgIpc) is 3.11. The molecule has 25 heavy (non-hydrogen) atoms. The zero-order chi connectivity index (χ0) is 18.4. The molecule has 2 N–H and O–H groups in total. The number of hydrogen-bond donors (Lipinski definition) is 2. The Hall–Kier alpha value is -1.86. The minimum Gasteiger partial charge on any atom is -0.478 e. The van der Waals surface area contributed by atoms with Crippen LogP contribution in [0.1, 0.15) is 57.8 Å². The topological polar surface area (TPSA) is 91.9 Å². The van der Waals surface area contributed by atoms with Crippen LogP contribution in [0.3, 0.4) is 0 Å². The van der Waals surface area contributed by atoms with Crippen molar-refractivity contribution in [3.05, 3.63) is 22.5 Å². The van der Waals surface area contributed by atoms with E-state index in [1.165, 1.54) is 0 Å². The quantitative estimate of drug-likeness (QED) is 0.868. The van der Waals surface area contributed by atoms with E-state index in [-0.39, 0.29) is 29.2 Å². The van der Waals surface area contributed by atoms with E-state index in [0.717, 1.165) is 25.7 Å². The monoisotopic (exact) mass is 350 g/mol. The van der Waals surface area contributed by atoms with E-state index in [1.807, 2.05) is 4.90 Å². The van der Waals surface area contributed by atoms with Crippen LogP contribution in [0.15, 0.2) is 0 Å². The van der Waals surface area contributed by atoms with Crippen molar-refractivity contribution in [3.8, 4) is 0 Å². The van der Waals surface area contributed by atoms with Gasteiger partial charge >= 0.3 is 5.97 Å². The van der Waals surface area contributed by atoms with Gasteiger partial charge in [0.1, 0.15) is 5.69 Å². The van der Waals surface area contributed by atoms with E-state index in [2.05, 4.69) is 4.98 Å². The summed E-state index contributed by atoms with van der Waals surface area (Å²) >= 11 is 0. The molecule has 1 saturated heterocycles. The summed E-state index contributed by atoms with van der Waals surface area (Å²) in [7, 11) is 3.41. The van der Waals surface area contributed by atoms with Crippen molar-refractivity contribution < 1.29 is 24.2 Å². The fraction of sp³-hybridized carbons (Fsp3) is 0.667. The number of nitrogens with zero attached hydrogens (tertiary/aromatic N) is 1. The molecule has 7 heteroatoms. The number of carboxylic acids is 1. The molecule has 7 nitrogen and oxygen atoms in total. The summed E-state index contributed by atoms with van der Waals surface area (Å²) in [5, 5.41) is 9.36. The summed E-state index contributed by atoms with van der Waals surface area (Å²) < 4.78 is 11.4. The molecule has 1 aromatic rings. The molecule has 3 atom stereocenters. The predicted octanol–water partition coefficient (Wildman–Crippen LogP) is 2.13. The number of likely N-dealkylation sites (tertiary alicyclic amines) is 1. The Balaban J connectivity index is 1.92. The third kappa shape index (κ3) is 2.75. The Morgan fingerprint density at radius 2 is 2.00 bits per heavy atom. The summed E-state index contributed by atoms with van der Waals surface area (Å²) in [5.74, 6) is -1.18. The molecule has 138 valence electrons. The number of rotatable bonds is 4. The third-order valence-electron chi connectivity index (χ3n) is 6.00. The number of fused-ring (bicyclic) bond motifs is 1. The van der Waals surface area contributed by atoms with Gasteiger partial charge in [-0.05, 0) is 45.1 Å². The van der Waals surface area contributed by atoms with Crippen molar-refractivity contribution >= 4 is 11.9 Å². The number of carboxylic acid groups (broad SMARTS) is 1. The molecule has 3 rings (SSSR count). The summed E-state index contributed by atoms with van der Waals surface area (Å²) in [6, 6.07) is -0.0556. The number of amides is 1. The summed E-state index contributed by atoms with van der Waals surface area (Å²) in [5.41, 5.74) is 1.21. The summed E-state index contributed by atoms with van der Waals surface area (Å²) in [4.78, 5) is 29.4. The number of methoxy groups -OCH3 is 2. The Labute approximate surface area is 147 Å². The number of hydrogen-bond acceptors (Lipinski definition) is 4. The van der Waals surface area contributed by atoms with E-state index in [1.54, 1.807) is 28.1 Å². The highest BCUT2D eigenvalue weighted by molar-refractivity contribution is 6.00. The lowest BCUT2D eigenvalue weighted by Crippen LogP contribution is -2.53. The van der Waals surface area contributed by atoms with Crippen molar-refractivity contribution in [2.75, 3.05) is 20.8 Å². The first-order chi connectivity index (χ1) is 11.8. The van der Waals surface area contributed by atoms with Gasteiger partial charge in [-0.15, -0.1) is 0 Å². The number of carbonyl (C=O) groups is 2. The van der Waals surface area contributed by atoms with Gasteiger partial charge in [0.2, 0.25) is 0 Å². The second-order valence-electron chi connectivity index (χ2n) is 7.10. The van der Waals surface area contributed by atoms with Crippen molar-refractivity contribution in [1.29, 1.82) is 0 Å². The van der Waals surface area contributed by atoms with Crippen LogP contribution >= 0.6 is 0 Å². The van der Waals surface area contributed by atoms with Crippen LogP contribution in [0.4, 0.5) is 0 Å². The Kier molecular flexibility index (Phi) is 4.64. The van der Waals surface area contributed by atoms with Crippen LogP contribution in [0.25, 0.3) is 0 Å². The van der Waals surface area contributed by atoms with Crippen molar-refractivity contribution in [1.82, 2.24) is 9.88 Å². The molecule has 1 aliphatic heterocycles. The molecule has 0 unspecified atom stereocenters. The Morgan fingerprint density at radius 3 is 2.56 bits per heavy atom.